The maximum atomic E-state index is 11.7. The fourth-order valence-corrected chi connectivity index (χ4v) is 1.62. The molecular formula is C12H11ClO5. The zero-order chi connectivity index (χ0) is 13.7. The summed E-state index contributed by atoms with van der Waals surface area (Å²) in [6.45, 7) is 3.35. The molecule has 0 aromatic heterocycles. The van der Waals surface area contributed by atoms with Crippen molar-refractivity contribution in [1.82, 2.24) is 0 Å². The maximum Gasteiger partial charge on any atom is 0.340 e. The summed E-state index contributed by atoms with van der Waals surface area (Å²) in [5.74, 6) is -1.17. The largest absolute Gasteiger partial charge is 0.507 e. The van der Waals surface area contributed by atoms with E-state index >= 15 is 0 Å². The van der Waals surface area contributed by atoms with Gasteiger partial charge in [0.15, 0.2) is 6.29 Å². The average molecular weight is 271 g/mol. The molecule has 96 valence electrons. The molecule has 6 heteroatoms. The molecule has 0 amide bonds. The standard InChI is InChI=1S/C12H11ClO5/c1-3-4-18-12(16)10-7(6-14)8(15)5-9(17-2)11(10)13/h3,5-6,15H,1,4H2,2H3. The molecule has 1 N–H and O–H groups in total. The lowest BCUT2D eigenvalue weighted by Gasteiger charge is -2.11. The number of aldehydes is 1. The van der Waals surface area contributed by atoms with Crippen molar-refractivity contribution in [3.05, 3.63) is 34.9 Å². The predicted molar refractivity (Wildman–Crippen MR) is 65.5 cm³/mol. The third kappa shape index (κ3) is 2.62. The number of ether oxygens (including phenoxy) is 2. The maximum absolute atomic E-state index is 11.7. The number of aromatic hydroxyl groups is 1. The Balaban J connectivity index is 3.38. The Morgan fingerprint density at radius 3 is 2.78 bits per heavy atom. The number of methoxy groups -OCH3 is 1. The second-order valence-electron chi connectivity index (χ2n) is 3.21. The minimum Gasteiger partial charge on any atom is -0.507 e. The van der Waals surface area contributed by atoms with Gasteiger partial charge in [0.25, 0.3) is 0 Å². The van der Waals surface area contributed by atoms with Crippen LogP contribution >= 0.6 is 11.6 Å². The number of phenols is 1. The SMILES string of the molecule is C=CCOC(=O)c1c(Cl)c(OC)cc(O)c1C=O. The van der Waals surface area contributed by atoms with Gasteiger partial charge >= 0.3 is 5.97 Å². The lowest BCUT2D eigenvalue weighted by molar-refractivity contribution is 0.0546. The Hall–Kier alpha value is -2.01. The van der Waals surface area contributed by atoms with Crippen LogP contribution in [-0.4, -0.2) is 31.1 Å². The number of carbonyl (C=O) groups is 2. The van der Waals surface area contributed by atoms with E-state index in [1.807, 2.05) is 0 Å². The van der Waals surface area contributed by atoms with Crippen LogP contribution in [0.4, 0.5) is 0 Å². The first-order valence-electron chi connectivity index (χ1n) is 4.89. The van der Waals surface area contributed by atoms with E-state index in [1.165, 1.54) is 13.2 Å². The van der Waals surface area contributed by atoms with Crippen molar-refractivity contribution in [2.24, 2.45) is 0 Å². The van der Waals surface area contributed by atoms with Gasteiger partial charge < -0.3 is 14.6 Å². The second kappa shape index (κ2) is 6.07. The Morgan fingerprint density at radius 1 is 1.61 bits per heavy atom. The molecule has 0 heterocycles. The first-order chi connectivity index (χ1) is 8.56. The number of halogens is 1. The molecule has 0 aliphatic rings. The minimum atomic E-state index is -0.837. The van der Waals surface area contributed by atoms with E-state index in [4.69, 9.17) is 21.1 Å². The van der Waals surface area contributed by atoms with Crippen LogP contribution in [-0.2, 0) is 4.74 Å². The molecule has 5 nitrogen and oxygen atoms in total. The van der Waals surface area contributed by atoms with Crippen molar-refractivity contribution in [2.75, 3.05) is 13.7 Å². The molecule has 0 atom stereocenters. The summed E-state index contributed by atoms with van der Waals surface area (Å²) in [6.07, 6.45) is 1.69. The number of hydrogen-bond acceptors (Lipinski definition) is 5. The van der Waals surface area contributed by atoms with E-state index in [9.17, 15) is 14.7 Å². The van der Waals surface area contributed by atoms with E-state index in [0.717, 1.165) is 6.07 Å². The van der Waals surface area contributed by atoms with Crippen LogP contribution in [0.3, 0.4) is 0 Å². The molecule has 0 spiro atoms. The normalized spacial score (nSPS) is 9.67. The molecule has 1 aromatic carbocycles. The third-order valence-corrected chi connectivity index (χ3v) is 2.50. The summed E-state index contributed by atoms with van der Waals surface area (Å²) in [5.41, 5.74) is -0.472. The molecule has 0 radical (unpaired) electrons. The number of esters is 1. The fourth-order valence-electron chi connectivity index (χ4n) is 1.31. The highest BCUT2D eigenvalue weighted by Crippen LogP contribution is 2.36. The first kappa shape index (κ1) is 14.1. The van der Waals surface area contributed by atoms with Gasteiger partial charge in [0.2, 0.25) is 0 Å². The van der Waals surface area contributed by atoms with Crippen LogP contribution in [0.2, 0.25) is 5.02 Å². The summed E-state index contributed by atoms with van der Waals surface area (Å²) in [6, 6.07) is 1.15. The summed E-state index contributed by atoms with van der Waals surface area (Å²) in [7, 11) is 1.32. The van der Waals surface area contributed by atoms with Gasteiger partial charge in [0.1, 0.15) is 18.1 Å². The summed E-state index contributed by atoms with van der Waals surface area (Å²) in [4.78, 5) is 22.6. The lowest BCUT2D eigenvalue weighted by atomic mass is 10.1. The Labute approximate surface area is 109 Å². The topological polar surface area (TPSA) is 72.8 Å². The van der Waals surface area contributed by atoms with Crippen molar-refractivity contribution >= 4 is 23.9 Å². The highest BCUT2D eigenvalue weighted by Gasteiger charge is 2.23. The molecule has 0 unspecified atom stereocenters. The Kier molecular flexibility index (Phi) is 4.74. The molecule has 1 rings (SSSR count). The fraction of sp³-hybridized carbons (Fsp3) is 0.167. The van der Waals surface area contributed by atoms with Gasteiger partial charge in [0.05, 0.1) is 23.3 Å². The van der Waals surface area contributed by atoms with Gasteiger partial charge in [-0.15, -0.1) is 0 Å². The number of hydrogen-bond donors (Lipinski definition) is 1. The van der Waals surface area contributed by atoms with E-state index in [1.54, 1.807) is 0 Å². The lowest BCUT2D eigenvalue weighted by Crippen LogP contribution is -2.10. The van der Waals surface area contributed by atoms with Gasteiger partial charge in [-0.2, -0.15) is 0 Å². The zero-order valence-corrected chi connectivity index (χ0v) is 10.4. The molecule has 1 aromatic rings. The quantitative estimate of drug-likeness (QED) is 0.504. The van der Waals surface area contributed by atoms with E-state index in [2.05, 4.69) is 6.58 Å². The van der Waals surface area contributed by atoms with E-state index in [0.29, 0.717) is 6.29 Å². The van der Waals surface area contributed by atoms with Gasteiger partial charge in [-0.1, -0.05) is 24.3 Å². The van der Waals surface area contributed by atoms with Crippen molar-refractivity contribution in [1.29, 1.82) is 0 Å². The van der Waals surface area contributed by atoms with Gasteiger partial charge in [-0.3, -0.25) is 4.79 Å². The first-order valence-corrected chi connectivity index (χ1v) is 5.27. The predicted octanol–water partition coefficient (Wildman–Crippen LogP) is 2.21. The zero-order valence-electron chi connectivity index (χ0n) is 9.60. The molecule has 0 saturated heterocycles. The highest BCUT2D eigenvalue weighted by atomic mass is 35.5. The van der Waals surface area contributed by atoms with Crippen molar-refractivity contribution < 1.29 is 24.2 Å². The van der Waals surface area contributed by atoms with Crippen LogP contribution in [0, 0.1) is 0 Å². The van der Waals surface area contributed by atoms with Crippen LogP contribution < -0.4 is 4.74 Å². The van der Waals surface area contributed by atoms with E-state index < -0.39 is 11.7 Å². The number of carbonyl (C=O) groups excluding carboxylic acids is 2. The van der Waals surface area contributed by atoms with Gasteiger partial charge in [-0.05, 0) is 0 Å². The van der Waals surface area contributed by atoms with Crippen molar-refractivity contribution in [2.45, 2.75) is 0 Å². The molecule has 0 bridgehead atoms. The molecule has 0 fully saturated rings. The summed E-state index contributed by atoms with van der Waals surface area (Å²) >= 11 is 5.92. The average Bonchev–Trinajstić information content (AvgIpc) is 2.37. The van der Waals surface area contributed by atoms with Crippen LogP contribution in [0.15, 0.2) is 18.7 Å². The van der Waals surface area contributed by atoms with Crippen molar-refractivity contribution in [3.8, 4) is 11.5 Å². The van der Waals surface area contributed by atoms with Gasteiger partial charge in [0, 0.05) is 6.07 Å². The molecule has 0 aliphatic heterocycles. The Bertz CT molecular complexity index is 496. The number of phenolic OH excluding ortho intramolecular Hbond substituents is 1. The molecule has 0 aliphatic carbocycles. The summed E-state index contributed by atoms with van der Waals surface area (Å²) in [5, 5.41) is 9.51. The number of rotatable bonds is 5. The van der Waals surface area contributed by atoms with E-state index in [-0.39, 0.29) is 28.5 Å². The Morgan fingerprint density at radius 2 is 2.28 bits per heavy atom. The smallest absolute Gasteiger partial charge is 0.340 e. The van der Waals surface area contributed by atoms with Crippen LogP contribution in [0.25, 0.3) is 0 Å². The second-order valence-corrected chi connectivity index (χ2v) is 3.58. The van der Waals surface area contributed by atoms with Crippen LogP contribution in [0.5, 0.6) is 11.5 Å². The monoisotopic (exact) mass is 270 g/mol. The molecular weight excluding hydrogens is 260 g/mol. The molecule has 18 heavy (non-hydrogen) atoms. The molecule has 0 saturated carbocycles. The number of benzene rings is 1. The van der Waals surface area contributed by atoms with Crippen LogP contribution in [0.1, 0.15) is 20.7 Å². The summed E-state index contributed by atoms with van der Waals surface area (Å²) < 4.78 is 9.67. The van der Waals surface area contributed by atoms with Gasteiger partial charge in [-0.25, -0.2) is 4.79 Å². The highest BCUT2D eigenvalue weighted by molar-refractivity contribution is 6.36. The van der Waals surface area contributed by atoms with Crippen molar-refractivity contribution in [3.63, 3.8) is 0 Å². The minimum absolute atomic E-state index is 0.0363. The third-order valence-electron chi connectivity index (χ3n) is 2.12.